The Balaban J connectivity index is 2.54. The summed E-state index contributed by atoms with van der Waals surface area (Å²) in [7, 11) is 1.70. The molecule has 0 fully saturated rings. The van der Waals surface area contributed by atoms with Crippen LogP contribution in [0.25, 0.3) is 10.9 Å². The fourth-order valence-corrected chi connectivity index (χ4v) is 2.86. The molecule has 0 bridgehead atoms. The minimum Gasteiger partial charge on any atom is -0.497 e. The first-order valence-electron chi connectivity index (χ1n) is 8.11. The van der Waals surface area contributed by atoms with E-state index in [1.807, 2.05) is 12.1 Å². The number of fused-ring (bicyclic) bond motifs is 1. The Labute approximate surface area is 134 Å². The Morgan fingerprint density at radius 3 is 2.23 bits per heavy atom. The van der Waals surface area contributed by atoms with Gasteiger partial charge in [-0.05, 0) is 37.0 Å². The summed E-state index contributed by atoms with van der Waals surface area (Å²) in [5.74, 6) is 2.11. The molecule has 0 spiro atoms. The first-order chi connectivity index (χ1) is 10.4. The highest BCUT2D eigenvalue weighted by atomic mass is 16.5. The average molecular weight is 300 g/mol. The second-order valence-electron chi connectivity index (χ2n) is 6.86. The molecule has 0 aliphatic carbocycles. The number of methoxy groups -OCH3 is 1. The lowest BCUT2D eigenvalue weighted by atomic mass is 10.1. The quantitative estimate of drug-likeness (QED) is 0.775. The van der Waals surface area contributed by atoms with Crippen molar-refractivity contribution in [3.05, 3.63) is 30.0 Å². The van der Waals surface area contributed by atoms with Crippen molar-refractivity contribution in [3.8, 4) is 5.75 Å². The Morgan fingerprint density at radius 2 is 1.68 bits per heavy atom. The summed E-state index contributed by atoms with van der Waals surface area (Å²) in [6, 6.07) is 8.38. The van der Waals surface area contributed by atoms with Crippen LogP contribution < -0.4 is 9.64 Å². The van der Waals surface area contributed by atoms with Gasteiger partial charge in [0, 0.05) is 35.9 Å². The standard InChI is InChI=1S/C19H28N2O/c1-13(2)11-21(12-14(3)4)19-9-15(5)20-18-10-16(22-6)7-8-17(18)19/h7-10,13-14H,11-12H2,1-6H3. The number of hydrogen-bond donors (Lipinski definition) is 0. The van der Waals surface area contributed by atoms with Crippen LogP contribution in [0, 0.1) is 18.8 Å². The molecule has 0 aliphatic heterocycles. The lowest BCUT2D eigenvalue weighted by Gasteiger charge is -2.30. The number of benzene rings is 1. The van der Waals surface area contributed by atoms with Gasteiger partial charge >= 0.3 is 0 Å². The second kappa shape index (κ2) is 6.99. The highest BCUT2D eigenvalue weighted by molar-refractivity contribution is 5.92. The molecule has 0 atom stereocenters. The number of anilines is 1. The maximum Gasteiger partial charge on any atom is 0.121 e. The Morgan fingerprint density at radius 1 is 1.05 bits per heavy atom. The van der Waals surface area contributed by atoms with Crippen molar-refractivity contribution in [2.45, 2.75) is 34.6 Å². The van der Waals surface area contributed by atoms with E-state index in [-0.39, 0.29) is 0 Å². The zero-order chi connectivity index (χ0) is 16.3. The zero-order valence-electron chi connectivity index (χ0n) is 14.7. The van der Waals surface area contributed by atoms with E-state index >= 15 is 0 Å². The molecule has 3 heteroatoms. The van der Waals surface area contributed by atoms with Gasteiger partial charge in [-0.3, -0.25) is 4.98 Å². The van der Waals surface area contributed by atoms with Gasteiger partial charge in [0.1, 0.15) is 5.75 Å². The third kappa shape index (κ3) is 3.90. The molecule has 3 nitrogen and oxygen atoms in total. The fraction of sp³-hybridized carbons (Fsp3) is 0.526. The first kappa shape index (κ1) is 16.6. The number of ether oxygens (including phenoxy) is 1. The molecule has 0 saturated carbocycles. The van der Waals surface area contributed by atoms with Gasteiger partial charge in [-0.25, -0.2) is 0 Å². The molecule has 2 rings (SSSR count). The largest absolute Gasteiger partial charge is 0.497 e. The number of rotatable bonds is 6. The van der Waals surface area contributed by atoms with E-state index < -0.39 is 0 Å². The van der Waals surface area contributed by atoms with Crippen molar-refractivity contribution in [3.63, 3.8) is 0 Å². The van der Waals surface area contributed by atoms with Crippen LogP contribution in [-0.2, 0) is 0 Å². The van der Waals surface area contributed by atoms with Crippen molar-refractivity contribution in [2.75, 3.05) is 25.1 Å². The third-order valence-corrected chi connectivity index (χ3v) is 3.64. The normalized spacial score (nSPS) is 11.5. The lowest BCUT2D eigenvalue weighted by Crippen LogP contribution is -2.31. The maximum absolute atomic E-state index is 5.34. The smallest absolute Gasteiger partial charge is 0.121 e. The first-order valence-corrected chi connectivity index (χ1v) is 8.11. The van der Waals surface area contributed by atoms with Crippen LogP contribution in [0.4, 0.5) is 5.69 Å². The van der Waals surface area contributed by atoms with Gasteiger partial charge in [-0.1, -0.05) is 27.7 Å². The Kier molecular flexibility index (Phi) is 5.28. The molecule has 1 aromatic carbocycles. The van der Waals surface area contributed by atoms with Crippen LogP contribution in [-0.4, -0.2) is 25.2 Å². The molecule has 120 valence electrons. The second-order valence-corrected chi connectivity index (χ2v) is 6.86. The molecule has 22 heavy (non-hydrogen) atoms. The van der Waals surface area contributed by atoms with Gasteiger partial charge < -0.3 is 9.64 Å². The molecule has 1 heterocycles. The molecular weight excluding hydrogens is 272 g/mol. The SMILES string of the molecule is COc1ccc2c(N(CC(C)C)CC(C)C)cc(C)nc2c1. The van der Waals surface area contributed by atoms with Crippen molar-refractivity contribution < 1.29 is 4.74 Å². The van der Waals surface area contributed by atoms with E-state index in [1.54, 1.807) is 7.11 Å². The lowest BCUT2D eigenvalue weighted by molar-refractivity contribution is 0.415. The van der Waals surface area contributed by atoms with Crippen molar-refractivity contribution >= 4 is 16.6 Å². The molecule has 0 amide bonds. The van der Waals surface area contributed by atoms with Gasteiger partial charge in [0.2, 0.25) is 0 Å². The minimum absolute atomic E-state index is 0.625. The number of aryl methyl sites for hydroxylation is 1. The number of hydrogen-bond acceptors (Lipinski definition) is 3. The Hall–Kier alpha value is -1.77. The molecule has 0 N–H and O–H groups in total. The van der Waals surface area contributed by atoms with Crippen molar-refractivity contribution in [2.24, 2.45) is 11.8 Å². The molecular formula is C19H28N2O. The summed E-state index contributed by atoms with van der Waals surface area (Å²) in [5.41, 5.74) is 3.34. The average Bonchev–Trinajstić information content (AvgIpc) is 2.43. The van der Waals surface area contributed by atoms with Gasteiger partial charge in [-0.2, -0.15) is 0 Å². The number of nitrogens with zero attached hydrogens (tertiary/aromatic N) is 2. The van der Waals surface area contributed by atoms with Crippen LogP contribution >= 0.6 is 0 Å². The van der Waals surface area contributed by atoms with Crippen LogP contribution in [0.2, 0.25) is 0 Å². The van der Waals surface area contributed by atoms with Crippen LogP contribution in [0.3, 0.4) is 0 Å². The highest BCUT2D eigenvalue weighted by Gasteiger charge is 2.15. The van der Waals surface area contributed by atoms with E-state index in [1.165, 1.54) is 11.1 Å². The minimum atomic E-state index is 0.625. The zero-order valence-corrected chi connectivity index (χ0v) is 14.7. The predicted molar refractivity (Wildman–Crippen MR) is 94.9 cm³/mol. The fourth-order valence-electron chi connectivity index (χ4n) is 2.86. The summed E-state index contributed by atoms with van der Waals surface area (Å²) >= 11 is 0. The summed E-state index contributed by atoms with van der Waals surface area (Å²) in [4.78, 5) is 7.18. The number of pyridine rings is 1. The molecule has 2 aromatic rings. The van der Waals surface area contributed by atoms with Gasteiger partial charge in [0.15, 0.2) is 0 Å². The van der Waals surface area contributed by atoms with E-state index in [0.29, 0.717) is 11.8 Å². The van der Waals surface area contributed by atoms with Crippen LogP contribution in [0.1, 0.15) is 33.4 Å². The monoisotopic (exact) mass is 300 g/mol. The number of aromatic nitrogens is 1. The van der Waals surface area contributed by atoms with E-state index in [4.69, 9.17) is 4.74 Å². The van der Waals surface area contributed by atoms with Crippen molar-refractivity contribution in [1.29, 1.82) is 0 Å². The topological polar surface area (TPSA) is 25.4 Å². The van der Waals surface area contributed by atoms with Gasteiger partial charge in [-0.15, -0.1) is 0 Å². The Bertz CT molecular complexity index is 625. The summed E-state index contributed by atoms with van der Waals surface area (Å²) < 4.78 is 5.34. The molecule has 0 radical (unpaired) electrons. The summed E-state index contributed by atoms with van der Waals surface area (Å²) in [6.45, 7) is 13.3. The van der Waals surface area contributed by atoms with Gasteiger partial charge in [0.25, 0.3) is 0 Å². The summed E-state index contributed by atoms with van der Waals surface area (Å²) in [6.07, 6.45) is 0. The van der Waals surface area contributed by atoms with Gasteiger partial charge in [0.05, 0.1) is 12.6 Å². The molecule has 0 unspecified atom stereocenters. The summed E-state index contributed by atoms with van der Waals surface area (Å²) in [5, 5.41) is 1.20. The molecule has 0 saturated heterocycles. The molecule has 0 aliphatic rings. The maximum atomic E-state index is 5.34. The van der Waals surface area contributed by atoms with E-state index in [9.17, 15) is 0 Å². The van der Waals surface area contributed by atoms with Crippen LogP contribution in [0.5, 0.6) is 5.75 Å². The van der Waals surface area contributed by atoms with E-state index in [2.05, 4.69) is 56.6 Å². The highest BCUT2D eigenvalue weighted by Crippen LogP contribution is 2.30. The predicted octanol–water partition coefficient (Wildman–Crippen LogP) is 4.67. The van der Waals surface area contributed by atoms with Crippen LogP contribution in [0.15, 0.2) is 24.3 Å². The van der Waals surface area contributed by atoms with E-state index in [0.717, 1.165) is 30.0 Å². The molecule has 1 aromatic heterocycles. The third-order valence-electron chi connectivity index (χ3n) is 3.64. The van der Waals surface area contributed by atoms with Crippen molar-refractivity contribution in [1.82, 2.24) is 4.98 Å².